The largest absolute Gasteiger partial charge is 0.448 e. The zero-order chi connectivity index (χ0) is 12.3. The first kappa shape index (κ1) is 13.5. The summed E-state index contributed by atoms with van der Waals surface area (Å²) >= 11 is 0. The van der Waals surface area contributed by atoms with Crippen molar-refractivity contribution in [2.75, 3.05) is 19.7 Å². The van der Waals surface area contributed by atoms with Gasteiger partial charge in [-0.1, -0.05) is 30.3 Å². The molecule has 0 saturated heterocycles. The highest BCUT2D eigenvalue weighted by atomic mass is 16.5. The van der Waals surface area contributed by atoms with Crippen molar-refractivity contribution in [3.63, 3.8) is 0 Å². The van der Waals surface area contributed by atoms with Crippen LogP contribution in [0.1, 0.15) is 18.4 Å². The van der Waals surface area contributed by atoms with Gasteiger partial charge in [0.2, 0.25) is 0 Å². The van der Waals surface area contributed by atoms with E-state index in [1.165, 1.54) is 5.56 Å². The van der Waals surface area contributed by atoms with Gasteiger partial charge in [0.05, 0.1) is 0 Å². The van der Waals surface area contributed by atoms with Gasteiger partial charge in [0.15, 0.2) is 0 Å². The summed E-state index contributed by atoms with van der Waals surface area (Å²) in [5.41, 5.74) is 6.21. The van der Waals surface area contributed by atoms with Crippen molar-refractivity contribution >= 4 is 6.09 Å². The van der Waals surface area contributed by atoms with Crippen LogP contribution < -0.4 is 11.1 Å². The zero-order valence-corrected chi connectivity index (χ0v) is 10.0. The SMILES string of the molecule is NC(=O)OCCNCCCCc1ccccc1. The number of unbranched alkanes of at least 4 members (excludes halogenated alkanes) is 1. The van der Waals surface area contributed by atoms with E-state index in [0.29, 0.717) is 13.2 Å². The number of rotatable bonds is 8. The van der Waals surface area contributed by atoms with E-state index < -0.39 is 6.09 Å². The molecule has 3 N–H and O–H groups in total. The number of hydrogen-bond acceptors (Lipinski definition) is 3. The summed E-state index contributed by atoms with van der Waals surface area (Å²) in [6, 6.07) is 10.5. The maximum absolute atomic E-state index is 10.3. The van der Waals surface area contributed by atoms with E-state index in [-0.39, 0.29) is 0 Å². The molecule has 0 fully saturated rings. The molecule has 0 heterocycles. The third kappa shape index (κ3) is 7.36. The second-order valence-corrected chi connectivity index (χ2v) is 3.86. The fourth-order valence-electron chi connectivity index (χ4n) is 1.57. The van der Waals surface area contributed by atoms with Crippen molar-refractivity contribution in [2.45, 2.75) is 19.3 Å². The molecule has 0 radical (unpaired) electrons. The third-order valence-electron chi connectivity index (χ3n) is 2.43. The highest BCUT2D eigenvalue weighted by molar-refractivity contribution is 5.64. The van der Waals surface area contributed by atoms with E-state index in [1.54, 1.807) is 0 Å². The van der Waals surface area contributed by atoms with Crippen LogP contribution in [0.4, 0.5) is 4.79 Å². The Hall–Kier alpha value is -1.55. The minimum absolute atomic E-state index is 0.341. The minimum Gasteiger partial charge on any atom is -0.448 e. The number of carbonyl (C=O) groups excluding carboxylic acids is 1. The van der Waals surface area contributed by atoms with E-state index in [4.69, 9.17) is 5.73 Å². The smallest absolute Gasteiger partial charge is 0.404 e. The number of aryl methyl sites for hydroxylation is 1. The van der Waals surface area contributed by atoms with Crippen LogP contribution in [0.3, 0.4) is 0 Å². The van der Waals surface area contributed by atoms with Crippen LogP contribution in [-0.2, 0) is 11.2 Å². The second kappa shape index (κ2) is 8.58. The Balaban J connectivity index is 1.90. The topological polar surface area (TPSA) is 64.4 Å². The molecular formula is C13H20N2O2. The first-order valence-corrected chi connectivity index (χ1v) is 5.96. The molecule has 0 unspecified atom stereocenters. The van der Waals surface area contributed by atoms with E-state index >= 15 is 0 Å². The van der Waals surface area contributed by atoms with Gasteiger partial charge in [-0.05, 0) is 31.4 Å². The van der Waals surface area contributed by atoms with Gasteiger partial charge in [-0.25, -0.2) is 4.79 Å². The summed E-state index contributed by atoms with van der Waals surface area (Å²) < 4.78 is 4.59. The number of hydrogen-bond donors (Lipinski definition) is 2. The molecule has 0 bridgehead atoms. The van der Waals surface area contributed by atoms with Gasteiger partial charge < -0.3 is 15.8 Å². The Morgan fingerprint density at radius 1 is 1.18 bits per heavy atom. The van der Waals surface area contributed by atoms with E-state index in [0.717, 1.165) is 25.8 Å². The molecule has 1 aromatic rings. The molecule has 4 nitrogen and oxygen atoms in total. The number of amides is 1. The monoisotopic (exact) mass is 236 g/mol. The van der Waals surface area contributed by atoms with Crippen LogP contribution in [-0.4, -0.2) is 25.8 Å². The van der Waals surface area contributed by atoms with Gasteiger partial charge in [0.25, 0.3) is 0 Å². The molecule has 0 aliphatic carbocycles. The van der Waals surface area contributed by atoms with Crippen LogP contribution in [0.15, 0.2) is 30.3 Å². The second-order valence-electron chi connectivity index (χ2n) is 3.86. The van der Waals surface area contributed by atoms with E-state index in [1.807, 2.05) is 6.07 Å². The summed E-state index contributed by atoms with van der Waals surface area (Å²) in [5.74, 6) is 0. The lowest BCUT2D eigenvalue weighted by molar-refractivity contribution is 0.157. The molecule has 0 atom stereocenters. The molecule has 0 aliphatic heterocycles. The standard InChI is InChI=1S/C13H20N2O2/c14-13(16)17-11-10-15-9-5-4-8-12-6-2-1-3-7-12/h1-3,6-7,15H,4-5,8-11H2,(H2,14,16). The molecule has 1 aromatic carbocycles. The van der Waals surface area contributed by atoms with Gasteiger partial charge >= 0.3 is 6.09 Å². The number of nitrogens with one attached hydrogen (secondary N) is 1. The molecule has 17 heavy (non-hydrogen) atoms. The number of benzene rings is 1. The van der Waals surface area contributed by atoms with Crippen LogP contribution in [0.25, 0.3) is 0 Å². The van der Waals surface area contributed by atoms with Crippen LogP contribution in [0.5, 0.6) is 0 Å². The Morgan fingerprint density at radius 2 is 1.94 bits per heavy atom. The van der Waals surface area contributed by atoms with Crippen LogP contribution in [0.2, 0.25) is 0 Å². The van der Waals surface area contributed by atoms with Crippen molar-refractivity contribution in [2.24, 2.45) is 5.73 Å². The summed E-state index contributed by atoms with van der Waals surface area (Å²) in [6.45, 7) is 1.94. The van der Waals surface area contributed by atoms with E-state index in [2.05, 4.69) is 34.3 Å². The van der Waals surface area contributed by atoms with Crippen molar-refractivity contribution in [1.29, 1.82) is 0 Å². The molecule has 0 spiro atoms. The first-order chi connectivity index (χ1) is 8.29. The fraction of sp³-hybridized carbons (Fsp3) is 0.462. The summed E-state index contributed by atoms with van der Waals surface area (Å²) in [5, 5.41) is 3.19. The average molecular weight is 236 g/mol. The normalized spacial score (nSPS) is 10.1. The lowest BCUT2D eigenvalue weighted by Crippen LogP contribution is -2.24. The molecule has 1 rings (SSSR count). The highest BCUT2D eigenvalue weighted by Gasteiger charge is 1.94. The lowest BCUT2D eigenvalue weighted by atomic mass is 10.1. The quantitative estimate of drug-likeness (QED) is 0.675. The van der Waals surface area contributed by atoms with Gasteiger partial charge in [-0.3, -0.25) is 0 Å². The Labute approximate surface area is 102 Å². The summed E-state index contributed by atoms with van der Waals surface area (Å²) in [7, 11) is 0. The first-order valence-electron chi connectivity index (χ1n) is 5.96. The number of carbonyl (C=O) groups is 1. The van der Waals surface area contributed by atoms with Crippen LogP contribution >= 0.6 is 0 Å². The molecule has 0 saturated carbocycles. The number of primary amides is 1. The number of nitrogens with two attached hydrogens (primary N) is 1. The molecule has 4 heteroatoms. The Morgan fingerprint density at radius 3 is 2.65 bits per heavy atom. The predicted molar refractivity (Wildman–Crippen MR) is 67.8 cm³/mol. The van der Waals surface area contributed by atoms with Gasteiger partial charge in [-0.2, -0.15) is 0 Å². The van der Waals surface area contributed by atoms with Crippen molar-refractivity contribution in [3.8, 4) is 0 Å². The fourth-order valence-corrected chi connectivity index (χ4v) is 1.57. The lowest BCUT2D eigenvalue weighted by Gasteiger charge is -2.05. The highest BCUT2D eigenvalue weighted by Crippen LogP contribution is 2.03. The molecule has 0 aliphatic rings. The average Bonchev–Trinajstić information content (AvgIpc) is 2.33. The zero-order valence-electron chi connectivity index (χ0n) is 10.0. The maximum Gasteiger partial charge on any atom is 0.404 e. The van der Waals surface area contributed by atoms with Gasteiger partial charge in [-0.15, -0.1) is 0 Å². The Bertz CT molecular complexity index is 314. The maximum atomic E-state index is 10.3. The number of ether oxygens (including phenoxy) is 1. The van der Waals surface area contributed by atoms with E-state index in [9.17, 15) is 4.79 Å². The third-order valence-corrected chi connectivity index (χ3v) is 2.43. The predicted octanol–water partition coefficient (Wildman–Crippen LogP) is 1.69. The summed E-state index contributed by atoms with van der Waals surface area (Å²) in [4.78, 5) is 10.3. The molecule has 0 aromatic heterocycles. The van der Waals surface area contributed by atoms with Gasteiger partial charge in [0, 0.05) is 6.54 Å². The van der Waals surface area contributed by atoms with Crippen molar-refractivity contribution in [1.82, 2.24) is 5.32 Å². The minimum atomic E-state index is -0.712. The molecule has 94 valence electrons. The Kier molecular flexibility index (Phi) is 6.82. The van der Waals surface area contributed by atoms with Crippen molar-refractivity contribution < 1.29 is 9.53 Å². The van der Waals surface area contributed by atoms with Crippen LogP contribution in [0, 0.1) is 0 Å². The molecular weight excluding hydrogens is 216 g/mol. The van der Waals surface area contributed by atoms with Crippen molar-refractivity contribution in [3.05, 3.63) is 35.9 Å². The summed E-state index contributed by atoms with van der Waals surface area (Å²) in [6.07, 6.45) is 2.68. The molecule has 1 amide bonds. The van der Waals surface area contributed by atoms with Gasteiger partial charge in [0.1, 0.15) is 6.61 Å².